The van der Waals surface area contributed by atoms with E-state index in [9.17, 15) is 14.3 Å². The largest absolute Gasteiger partial charge is 0.388 e. The summed E-state index contributed by atoms with van der Waals surface area (Å²) in [5, 5.41) is 17.0. The zero-order valence-electron chi connectivity index (χ0n) is 13.6. The van der Waals surface area contributed by atoms with Crippen LogP contribution in [0.2, 0.25) is 0 Å². The van der Waals surface area contributed by atoms with Crippen LogP contribution in [0.4, 0.5) is 4.39 Å². The molecule has 0 aliphatic carbocycles. The number of amides is 1. The highest BCUT2D eigenvalue weighted by Gasteiger charge is 2.27. The number of carbonyl (C=O) groups is 1. The SMILES string of the molecule is CCC(C)C(C)(O)CNC(=O)c1cnn(-c2ccccc2F)c1. The molecule has 124 valence electrons. The molecule has 23 heavy (non-hydrogen) atoms. The summed E-state index contributed by atoms with van der Waals surface area (Å²) < 4.78 is 15.0. The van der Waals surface area contributed by atoms with Gasteiger partial charge >= 0.3 is 0 Å². The average Bonchev–Trinajstić information content (AvgIpc) is 3.02. The van der Waals surface area contributed by atoms with Crippen molar-refractivity contribution in [3.8, 4) is 5.69 Å². The van der Waals surface area contributed by atoms with Crippen LogP contribution < -0.4 is 5.32 Å². The number of carbonyl (C=O) groups excluding carboxylic acids is 1. The minimum absolute atomic E-state index is 0.0592. The van der Waals surface area contributed by atoms with E-state index in [4.69, 9.17) is 0 Å². The van der Waals surface area contributed by atoms with Crippen LogP contribution in [0.1, 0.15) is 37.6 Å². The summed E-state index contributed by atoms with van der Waals surface area (Å²) in [5.74, 6) is -0.706. The van der Waals surface area contributed by atoms with Crippen molar-refractivity contribution in [3.05, 3.63) is 48.0 Å². The van der Waals surface area contributed by atoms with Crippen molar-refractivity contribution in [1.29, 1.82) is 0 Å². The van der Waals surface area contributed by atoms with Gasteiger partial charge < -0.3 is 10.4 Å². The van der Waals surface area contributed by atoms with Crippen molar-refractivity contribution in [3.63, 3.8) is 0 Å². The quantitative estimate of drug-likeness (QED) is 0.860. The van der Waals surface area contributed by atoms with Crippen LogP contribution in [0.15, 0.2) is 36.7 Å². The first-order valence-corrected chi connectivity index (χ1v) is 7.65. The third kappa shape index (κ3) is 3.96. The highest BCUT2D eigenvalue weighted by atomic mass is 19.1. The first kappa shape index (κ1) is 17.1. The van der Waals surface area contributed by atoms with Gasteiger partial charge in [0, 0.05) is 12.7 Å². The van der Waals surface area contributed by atoms with E-state index >= 15 is 0 Å². The molecular weight excluding hydrogens is 297 g/mol. The summed E-state index contributed by atoms with van der Waals surface area (Å²) in [6, 6.07) is 6.20. The topological polar surface area (TPSA) is 67.2 Å². The lowest BCUT2D eigenvalue weighted by atomic mass is 9.88. The van der Waals surface area contributed by atoms with Crippen molar-refractivity contribution in [2.24, 2.45) is 5.92 Å². The van der Waals surface area contributed by atoms with Gasteiger partial charge in [0.2, 0.25) is 0 Å². The number of halogens is 1. The number of hydrogen-bond acceptors (Lipinski definition) is 3. The summed E-state index contributed by atoms with van der Waals surface area (Å²) in [6.45, 7) is 5.76. The molecule has 0 saturated carbocycles. The van der Waals surface area contributed by atoms with Crippen LogP contribution in [0.5, 0.6) is 0 Å². The molecule has 6 heteroatoms. The number of benzene rings is 1. The minimum Gasteiger partial charge on any atom is -0.388 e. The Morgan fingerprint density at radius 3 is 2.83 bits per heavy atom. The van der Waals surface area contributed by atoms with Crippen LogP contribution in [0.3, 0.4) is 0 Å². The summed E-state index contributed by atoms with van der Waals surface area (Å²) in [5.41, 5.74) is -0.391. The summed E-state index contributed by atoms with van der Waals surface area (Å²) >= 11 is 0. The number of para-hydroxylation sites is 1. The number of rotatable bonds is 6. The van der Waals surface area contributed by atoms with Gasteiger partial charge in [-0.15, -0.1) is 0 Å². The first-order chi connectivity index (χ1) is 10.8. The van der Waals surface area contributed by atoms with Crippen LogP contribution in [0.25, 0.3) is 5.69 Å². The Hall–Kier alpha value is -2.21. The molecule has 2 unspecified atom stereocenters. The van der Waals surface area contributed by atoms with Gasteiger partial charge in [0.25, 0.3) is 5.91 Å². The predicted octanol–water partition coefficient (Wildman–Crippen LogP) is 2.54. The lowest BCUT2D eigenvalue weighted by Crippen LogP contribution is -2.45. The maximum Gasteiger partial charge on any atom is 0.254 e. The number of hydrogen-bond donors (Lipinski definition) is 2. The van der Waals surface area contributed by atoms with Crippen LogP contribution in [0, 0.1) is 11.7 Å². The van der Waals surface area contributed by atoms with Gasteiger partial charge in [-0.25, -0.2) is 9.07 Å². The second kappa shape index (κ2) is 6.91. The van der Waals surface area contributed by atoms with E-state index in [0.29, 0.717) is 5.56 Å². The van der Waals surface area contributed by atoms with Gasteiger partial charge in [-0.1, -0.05) is 32.4 Å². The Morgan fingerprint density at radius 1 is 1.48 bits per heavy atom. The Labute approximate surface area is 135 Å². The van der Waals surface area contributed by atoms with Crippen molar-refractivity contribution in [2.45, 2.75) is 32.8 Å². The van der Waals surface area contributed by atoms with Crippen LogP contribution in [-0.4, -0.2) is 32.9 Å². The van der Waals surface area contributed by atoms with Gasteiger partial charge in [-0.05, 0) is 25.0 Å². The van der Waals surface area contributed by atoms with E-state index in [1.807, 2.05) is 13.8 Å². The second-order valence-electron chi connectivity index (χ2n) is 5.97. The summed E-state index contributed by atoms with van der Waals surface area (Å²) in [4.78, 5) is 12.2. The van der Waals surface area contributed by atoms with E-state index in [1.165, 1.54) is 23.1 Å². The second-order valence-corrected chi connectivity index (χ2v) is 5.97. The highest BCUT2D eigenvalue weighted by molar-refractivity contribution is 5.93. The molecule has 0 fully saturated rings. The van der Waals surface area contributed by atoms with Crippen LogP contribution >= 0.6 is 0 Å². The smallest absolute Gasteiger partial charge is 0.254 e. The van der Waals surface area contributed by atoms with Crippen molar-refractivity contribution in [2.75, 3.05) is 6.54 Å². The van der Waals surface area contributed by atoms with Gasteiger partial charge in [0.05, 0.1) is 17.4 Å². The molecule has 0 radical (unpaired) electrons. The molecule has 0 bridgehead atoms. The summed E-state index contributed by atoms with van der Waals surface area (Å²) in [7, 11) is 0. The van der Waals surface area contributed by atoms with E-state index in [-0.39, 0.29) is 24.1 Å². The molecule has 2 atom stereocenters. The molecule has 1 aromatic carbocycles. The molecule has 2 rings (SSSR count). The number of nitrogens with one attached hydrogen (secondary N) is 1. The molecule has 1 amide bonds. The highest BCUT2D eigenvalue weighted by Crippen LogP contribution is 2.19. The van der Waals surface area contributed by atoms with Crippen molar-refractivity contribution in [1.82, 2.24) is 15.1 Å². The van der Waals surface area contributed by atoms with Gasteiger partial charge in [-0.3, -0.25) is 4.79 Å². The van der Waals surface area contributed by atoms with E-state index < -0.39 is 11.4 Å². The molecule has 2 N–H and O–H groups in total. The third-order valence-corrected chi connectivity index (χ3v) is 4.22. The lowest BCUT2D eigenvalue weighted by Gasteiger charge is -2.29. The Bertz CT molecular complexity index is 682. The number of nitrogens with zero attached hydrogens (tertiary/aromatic N) is 2. The van der Waals surface area contributed by atoms with Gasteiger partial charge in [0.1, 0.15) is 11.5 Å². The molecule has 0 spiro atoms. The summed E-state index contributed by atoms with van der Waals surface area (Å²) in [6.07, 6.45) is 3.65. The first-order valence-electron chi connectivity index (χ1n) is 7.65. The number of aliphatic hydroxyl groups is 1. The molecule has 1 heterocycles. The van der Waals surface area contributed by atoms with Gasteiger partial charge in [-0.2, -0.15) is 5.10 Å². The van der Waals surface area contributed by atoms with Crippen LogP contribution in [-0.2, 0) is 0 Å². The van der Waals surface area contributed by atoms with Crippen molar-refractivity contribution < 1.29 is 14.3 Å². The molecular formula is C17H22FN3O2. The zero-order chi connectivity index (χ0) is 17.0. The monoisotopic (exact) mass is 319 g/mol. The fourth-order valence-corrected chi connectivity index (χ4v) is 2.18. The standard InChI is InChI=1S/C17H22FN3O2/c1-4-12(2)17(3,23)11-19-16(22)13-9-20-21(10-13)15-8-6-5-7-14(15)18/h5-10,12,23H,4,11H2,1-3H3,(H,19,22). The molecule has 2 aromatic rings. The fraction of sp³-hybridized carbons (Fsp3) is 0.412. The van der Waals surface area contributed by atoms with E-state index in [1.54, 1.807) is 25.1 Å². The molecule has 1 aromatic heterocycles. The van der Waals surface area contributed by atoms with Gasteiger partial charge in [0.15, 0.2) is 0 Å². The third-order valence-electron chi connectivity index (χ3n) is 4.22. The molecule has 0 aliphatic rings. The number of aromatic nitrogens is 2. The average molecular weight is 319 g/mol. The zero-order valence-corrected chi connectivity index (χ0v) is 13.6. The Balaban J connectivity index is 2.06. The van der Waals surface area contributed by atoms with Crippen molar-refractivity contribution >= 4 is 5.91 Å². The van der Waals surface area contributed by atoms with E-state index in [2.05, 4.69) is 10.4 Å². The maximum atomic E-state index is 13.7. The predicted molar refractivity (Wildman–Crippen MR) is 85.9 cm³/mol. The minimum atomic E-state index is -0.980. The van der Waals surface area contributed by atoms with E-state index in [0.717, 1.165) is 6.42 Å². The maximum absolute atomic E-state index is 13.7. The fourth-order valence-electron chi connectivity index (χ4n) is 2.18. The molecule has 5 nitrogen and oxygen atoms in total. The lowest BCUT2D eigenvalue weighted by molar-refractivity contribution is 0.00592. The Kier molecular flexibility index (Phi) is 5.15. The molecule has 0 saturated heterocycles. The molecule has 0 aliphatic heterocycles. The normalized spacial score (nSPS) is 15.0. The Morgan fingerprint density at radius 2 is 2.17 bits per heavy atom.